The quantitative estimate of drug-likeness (QED) is 0.724. The molecule has 1 saturated heterocycles. The average Bonchev–Trinajstić information content (AvgIpc) is 3.12. The Morgan fingerprint density at radius 2 is 2.15 bits per heavy atom. The fraction of sp³-hybridized carbons (Fsp3) is 0.316. The third kappa shape index (κ3) is 4.15. The molecule has 5 nitrogen and oxygen atoms in total. The van der Waals surface area contributed by atoms with Gasteiger partial charge in [0.1, 0.15) is 11.6 Å². The lowest BCUT2D eigenvalue weighted by molar-refractivity contribution is -0.125. The van der Waals surface area contributed by atoms with E-state index in [0.29, 0.717) is 29.5 Å². The molecule has 3 rings (SSSR count). The molecule has 0 spiro atoms. The summed E-state index contributed by atoms with van der Waals surface area (Å²) < 4.78 is 19.1. The van der Waals surface area contributed by atoms with Crippen LogP contribution in [0.25, 0.3) is 0 Å². The number of benzene rings is 2. The molecule has 0 bridgehead atoms. The summed E-state index contributed by atoms with van der Waals surface area (Å²) in [6.07, 6.45) is 0. The van der Waals surface area contributed by atoms with Crippen molar-refractivity contribution in [2.45, 2.75) is 19.5 Å². The fourth-order valence-electron chi connectivity index (χ4n) is 3.00. The highest BCUT2D eigenvalue weighted by Crippen LogP contribution is 2.32. The van der Waals surface area contributed by atoms with Gasteiger partial charge >= 0.3 is 0 Å². The van der Waals surface area contributed by atoms with Gasteiger partial charge in [-0.3, -0.25) is 10.2 Å². The summed E-state index contributed by atoms with van der Waals surface area (Å²) in [4.78, 5) is 12.6. The van der Waals surface area contributed by atoms with Crippen molar-refractivity contribution in [1.82, 2.24) is 16.2 Å². The third-order valence-corrected chi connectivity index (χ3v) is 4.64. The standard InChI is InChI=1S/C19H21ClFN3O2/c1-2-26-17-8-7-12(9-15(17)20)18-14(11-23-24-18)19(25)22-10-13-5-3-4-6-16(13)21/h3-9,14,18,23-24H,2,10-11H2,1H3,(H,22,25). The maximum absolute atomic E-state index is 13.7. The molecule has 1 fully saturated rings. The van der Waals surface area contributed by atoms with E-state index in [1.54, 1.807) is 30.3 Å². The van der Waals surface area contributed by atoms with Gasteiger partial charge < -0.3 is 10.1 Å². The monoisotopic (exact) mass is 377 g/mol. The smallest absolute Gasteiger partial charge is 0.226 e. The van der Waals surface area contributed by atoms with E-state index in [4.69, 9.17) is 16.3 Å². The second-order valence-corrected chi connectivity index (χ2v) is 6.45. The molecule has 1 amide bonds. The van der Waals surface area contributed by atoms with Gasteiger partial charge in [-0.05, 0) is 30.7 Å². The van der Waals surface area contributed by atoms with Gasteiger partial charge in [0.15, 0.2) is 0 Å². The maximum Gasteiger partial charge on any atom is 0.226 e. The van der Waals surface area contributed by atoms with Gasteiger partial charge in [-0.25, -0.2) is 9.82 Å². The van der Waals surface area contributed by atoms with Gasteiger partial charge in [-0.1, -0.05) is 35.9 Å². The number of amides is 1. The number of hydrazine groups is 1. The molecule has 0 aromatic heterocycles. The van der Waals surface area contributed by atoms with E-state index >= 15 is 0 Å². The molecule has 2 unspecified atom stereocenters. The Morgan fingerprint density at radius 1 is 1.35 bits per heavy atom. The van der Waals surface area contributed by atoms with Crippen LogP contribution < -0.4 is 20.9 Å². The second kappa shape index (κ2) is 8.49. The van der Waals surface area contributed by atoms with Crippen LogP contribution in [0.3, 0.4) is 0 Å². The molecule has 1 heterocycles. The lowest BCUT2D eigenvalue weighted by Crippen LogP contribution is -2.34. The second-order valence-electron chi connectivity index (χ2n) is 6.04. The number of halogens is 2. The molecule has 1 aliphatic rings. The topological polar surface area (TPSA) is 62.4 Å². The third-order valence-electron chi connectivity index (χ3n) is 4.34. The van der Waals surface area contributed by atoms with Crippen LogP contribution in [0.15, 0.2) is 42.5 Å². The summed E-state index contributed by atoms with van der Waals surface area (Å²) in [6.45, 7) is 3.05. The zero-order chi connectivity index (χ0) is 18.5. The normalized spacial score (nSPS) is 19.3. The molecule has 26 heavy (non-hydrogen) atoms. The molecule has 0 saturated carbocycles. The predicted octanol–water partition coefficient (Wildman–Crippen LogP) is 2.96. The highest BCUT2D eigenvalue weighted by Gasteiger charge is 2.34. The Labute approximate surface area is 156 Å². The molecule has 2 atom stereocenters. The van der Waals surface area contributed by atoms with Crippen LogP contribution in [0.1, 0.15) is 24.1 Å². The molecule has 3 N–H and O–H groups in total. The molecule has 2 aromatic carbocycles. The van der Waals surface area contributed by atoms with E-state index in [9.17, 15) is 9.18 Å². The van der Waals surface area contributed by atoms with Crippen LogP contribution in [0.5, 0.6) is 5.75 Å². The minimum Gasteiger partial charge on any atom is -0.492 e. The molecule has 1 aliphatic heterocycles. The van der Waals surface area contributed by atoms with Gasteiger partial charge in [-0.2, -0.15) is 0 Å². The van der Waals surface area contributed by atoms with Crippen LogP contribution in [0.2, 0.25) is 5.02 Å². The summed E-state index contributed by atoms with van der Waals surface area (Å²) in [5.41, 5.74) is 7.46. The van der Waals surface area contributed by atoms with Crippen LogP contribution in [-0.4, -0.2) is 19.1 Å². The lowest BCUT2D eigenvalue weighted by Gasteiger charge is -2.19. The van der Waals surface area contributed by atoms with Crippen LogP contribution in [0.4, 0.5) is 4.39 Å². The van der Waals surface area contributed by atoms with E-state index in [0.717, 1.165) is 5.56 Å². The Kier molecular flexibility index (Phi) is 6.08. The van der Waals surface area contributed by atoms with Crippen molar-refractivity contribution < 1.29 is 13.9 Å². The summed E-state index contributed by atoms with van der Waals surface area (Å²) >= 11 is 6.26. The van der Waals surface area contributed by atoms with Gasteiger partial charge in [-0.15, -0.1) is 0 Å². The van der Waals surface area contributed by atoms with E-state index in [1.165, 1.54) is 6.07 Å². The van der Waals surface area contributed by atoms with Crippen molar-refractivity contribution >= 4 is 17.5 Å². The van der Waals surface area contributed by atoms with Gasteiger partial charge in [0, 0.05) is 18.7 Å². The number of hydrogen-bond donors (Lipinski definition) is 3. The number of carbonyl (C=O) groups is 1. The summed E-state index contributed by atoms with van der Waals surface area (Å²) in [5, 5.41) is 3.31. The Morgan fingerprint density at radius 3 is 2.88 bits per heavy atom. The zero-order valence-corrected chi connectivity index (χ0v) is 15.1. The van der Waals surface area contributed by atoms with Gasteiger partial charge in [0.2, 0.25) is 5.91 Å². The van der Waals surface area contributed by atoms with E-state index in [1.807, 2.05) is 13.0 Å². The molecule has 0 radical (unpaired) electrons. The first-order valence-corrected chi connectivity index (χ1v) is 8.89. The van der Waals surface area contributed by atoms with Crippen molar-refractivity contribution in [1.29, 1.82) is 0 Å². The number of hydrogen-bond acceptors (Lipinski definition) is 4. The minimum absolute atomic E-state index is 0.152. The average molecular weight is 378 g/mol. The van der Waals surface area contributed by atoms with Crippen LogP contribution in [0, 0.1) is 11.7 Å². The maximum atomic E-state index is 13.7. The number of rotatable bonds is 6. The minimum atomic E-state index is -0.337. The first-order chi connectivity index (χ1) is 12.6. The van der Waals surface area contributed by atoms with Crippen molar-refractivity contribution in [3.8, 4) is 5.75 Å². The summed E-state index contributed by atoms with van der Waals surface area (Å²) in [5.74, 6) is -0.203. The summed E-state index contributed by atoms with van der Waals surface area (Å²) in [7, 11) is 0. The van der Waals surface area contributed by atoms with E-state index < -0.39 is 0 Å². The highest BCUT2D eigenvalue weighted by molar-refractivity contribution is 6.32. The Hall–Kier alpha value is -2.15. The number of ether oxygens (including phenoxy) is 1. The van der Waals surface area contributed by atoms with Crippen LogP contribution >= 0.6 is 11.6 Å². The zero-order valence-electron chi connectivity index (χ0n) is 14.4. The molecular weight excluding hydrogens is 357 g/mol. The number of nitrogens with one attached hydrogen (secondary N) is 3. The molecule has 0 aliphatic carbocycles. The van der Waals surface area contributed by atoms with Crippen molar-refractivity contribution in [3.05, 3.63) is 64.4 Å². The Balaban J connectivity index is 1.68. The number of carbonyl (C=O) groups excluding carboxylic acids is 1. The molecule has 138 valence electrons. The largest absolute Gasteiger partial charge is 0.492 e. The SMILES string of the molecule is CCOc1ccc(C2NNCC2C(=O)NCc2ccccc2F)cc1Cl. The van der Waals surface area contributed by atoms with Crippen molar-refractivity contribution in [2.24, 2.45) is 5.92 Å². The molecular formula is C19H21ClFN3O2. The first kappa shape index (κ1) is 18.6. The van der Waals surface area contributed by atoms with Crippen molar-refractivity contribution in [3.63, 3.8) is 0 Å². The molecule has 7 heteroatoms. The first-order valence-electron chi connectivity index (χ1n) is 8.52. The molecule has 2 aromatic rings. The lowest BCUT2D eigenvalue weighted by atomic mass is 9.94. The van der Waals surface area contributed by atoms with E-state index in [-0.39, 0.29) is 30.2 Å². The van der Waals surface area contributed by atoms with Gasteiger partial charge in [0.05, 0.1) is 23.6 Å². The fourth-order valence-corrected chi connectivity index (χ4v) is 3.24. The van der Waals surface area contributed by atoms with Crippen molar-refractivity contribution in [2.75, 3.05) is 13.2 Å². The van der Waals surface area contributed by atoms with Gasteiger partial charge in [0.25, 0.3) is 0 Å². The summed E-state index contributed by atoms with van der Waals surface area (Å²) in [6, 6.07) is 11.7. The highest BCUT2D eigenvalue weighted by atomic mass is 35.5. The van der Waals surface area contributed by atoms with E-state index in [2.05, 4.69) is 16.2 Å². The van der Waals surface area contributed by atoms with Crippen LogP contribution in [-0.2, 0) is 11.3 Å². The predicted molar refractivity (Wildman–Crippen MR) is 98.2 cm³/mol. The Bertz CT molecular complexity index is 787.